The van der Waals surface area contributed by atoms with Crippen molar-refractivity contribution in [3.63, 3.8) is 0 Å². The molecule has 6 heteroatoms. The van der Waals surface area contributed by atoms with Gasteiger partial charge in [0.2, 0.25) is 0 Å². The Bertz CT molecular complexity index is 740. The highest BCUT2D eigenvalue weighted by Crippen LogP contribution is 2.19. The number of hydrogen-bond acceptors (Lipinski definition) is 3. The van der Waals surface area contributed by atoms with Gasteiger partial charge in [0.05, 0.1) is 0 Å². The number of amides is 3. The second-order valence-electron chi connectivity index (χ2n) is 5.68. The van der Waals surface area contributed by atoms with Crippen LogP contribution in [-0.4, -0.2) is 31.1 Å². The van der Waals surface area contributed by atoms with E-state index in [1.807, 2.05) is 32.0 Å². The van der Waals surface area contributed by atoms with E-state index >= 15 is 0 Å². The predicted molar refractivity (Wildman–Crippen MR) is 94.7 cm³/mol. The van der Waals surface area contributed by atoms with E-state index < -0.39 is 6.09 Å². The molecule has 2 aromatic carbocycles. The van der Waals surface area contributed by atoms with Crippen molar-refractivity contribution < 1.29 is 14.3 Å². The molecule has 0 aliphatic heterocycles. The highest BCUT2D eigenvalue weighted by atomic mass is 16.6. The fraction of sp³-hybridized carbons (Fsp3) is 0.222. The Morgan fingerprint density at radius 1 is 0.958 bits per heavy atom. The number of carbonyl (C=O) groups excluding carboxylic acids is 2. The van der Waals surface area contributed by atoms with Gasteiger partial charge in [-0.05, 0) is 49.7 Å². The molecule has 0 atom stereocenters. The van der Waals surface area contributed by atoms with Gasteiger partial charge in [-0.1, -0.05) is 17.7 Å². The highest BCUT2D eigenvalue weighted by molar-refractivity contribution is 5.89. The molecule has 0 fully saturated rings. The molecule has 24 heavy (non-hydrogen) atoms. The predicted octanol–water partition coefficient (Wildman–Crippen LogP) is 4.01. The molecule has 0 radical (unpaired) electrons. The van der Waals surface area contributed by atoms with Gasteiger partial charge in [-0.2, -0.15) is 0 Å². The summed E-state index contributed by atoms with van der Waals surface area (Å²) in [5.41, 5.74) is 3.42. The second kappa shape index (κ2) is 7.50. The number of hydrogen-bond donors (Lipinski definition) is 2. The largest absolute Gasteiger partial charge is 0.417 e. The molecule has 126 valence electrons. The van der Waals surface area contributed by atoms with E-state index in [4.69, 9.17) is 4.74 Å². The third kappa shape index (κ3) is 4.74. The molecule has 0 saturated carbocycles. The lowest BCUT2D eigenvalue weighted by Crippen LogP contribution is -2.27. The molecule has 0 aliphatic carbocycles. The van der Waals surface area contributed by atoms with Crippen LogP contribution in [0.1, 0.15) is 11.1 Å². The van der Waals surface area contributed by atoms with E-state index in [-0.39, 0.29) is 6.03 Å². The second-order valence-corrected chi connectivity index (χ2v) is 5.68. The summed E-state index contributed by atoms with van der Waals surface area (Å²) >= 11 is 0. The summed E-state index contributed by atoms with van der Waals surface area (Å²) in [6, 6.07) is 12.1. The van der Waals surface area contributed by atoms with E-state index in [9.17, 15) is 9.59 Å². The summed E-state index contributed by atoms with van der Waals surface area (Å²) in [7, 11) is 3.31. The number of aryl methyl sites for hydroxylation is 2. The number of ether oxygens (including phenoxy) is 1. The van der Waals surface area contributed by atoms with Crippen LogP contribution in [0.3, 0.4) is 0 Å². The van der Waals surface area contributed by atoms with Crippen molar-refractivity contribution in [3.8, 4) is 5.75 Å². The first-order valence-corrected chi connectivity index (χ1v) is 7.49. The zero-order chi connectivity index (χ0) is 17.7. The lowest BCUT2D eigenvalue weighted by atomic mass is 10.1. The van der Waals surface area contributed by atoms with Crippen LogP contribution in [0, 0.1) is 13.8 Å². The lowest BCUT2D eigenvalue weighted by molar-refractivity contribution is 0.215. The van der Waals surface area contributed by atoms with Gasteiger partial charge in [0, 0.05) is 25.5 Å². The molecule has 0 unspecified atom stereocenters. The minimum absolute atomic E-state index is 0.226. The van der Waals surface area contributed by atoms with Crippen molar-refractivity contribution >= 4 is 23.5 Å². The fourth-order valence-corrected chi connectivity index (χ4v) is 2.04. The monoisotopic (exact) mass is 327 g/mol. The van der Waals surface area contributed by atoms with Crippen molar-refractivity contribution in [2.75, 3.05) is 24.7 Å². The molecule has 6 nitrogen and oxygen atoms in total. The number of urea groups is 1. The van der Waals surface area contributed by atoms with Gasteiger partial charge in [0.25, 0.3) is 0 Å². The van der Waals surface area contributed by atoms with Crippen LogP contribution in [0.4, 0.5) is 21.0 Å². The van der Waals surface area contributed by atoms with E-state index in [0.717, 1.165) is 11.1 Å². The molecule has 2 rings (SSSR count). The quantitative estimate of drug-likeness (QED) is 0.895. The third-order valence-electron chi connectivity index (χ3n) is 3.34. The van der Waals surface area contributed by atoms with Crippen molar-refractivity contribution in [3.05, 3.63) is 53.6 Å². The average molecular weight is 327 g/mol. The van der Waals surface area contributed by atoms with Gasteiger partial charge in [-0.3, -0.25) is 5.32 Å². The Hall–Kier alpha value is -3.02. The van der Waals surface area contributed by atoms with E-state index in [0.29, 0.717) is 17.1 Å². The molecule has 0 aromatic heterocycles. The Kier molecular flexibility index (Phi) is 5.42. The standard InChI is InChI=1S/C18H21N3O3/c1-12-5-10-16(13(2)11-12)20-18(23)24-15-8-6-14(7-9-15)19-17(22)21(3)4/h5-11H,1-4H3,(H,19,22)(H,20,23). The normalized spacial score (nSPS) is 10.0. The number of rotatable bonds is 3. The molecule has 0 bridgehead atoms. The van der Waals surface area contributed by atoms with Gasteiger partial charge in [-0.25, -0.2) is 9.59 Å². The van der Waals surface area contributed by atoms with E-state index in [1.165, 1.54) is 4.90 Å². The number of nitrogens with zero attached hydrogens (tertiary/aromatic N) is 1. The SMILES string of the molecule is Cc1ccc(NC(=O)Oc2ccc(NC(=O)N(C)C)cc2)c(C)c1. The lowest BCUT2D eigenvalue weighted by Gasteiger charge is -2.12. The van der Waals surface area contributed by atoms with Gasteiger partial charge in [0.1, 0.15) is 5.75 Å². The number of nitrogens with one attached hydrogen (secondary N) is 2. The Balaban J connectivity index is 1.95. The van der Waals surface area contributed by atoms with Crippen LogP contribution in [0.15, 0.2) is 42.5 Å². The Labute approximate surface area is 141 Å². The molecule has 0 saturated heterocycles. The molecule has 0 heterocycles. The Morgan fingerprint density at radius 3 is 2.21 bits per heavy atom. The first kappa shape index (κ1) is 17.3. The van der Waals surface area contributed by atoms with Gasteiger partial charge in [-0.15, -0.1) is 0 Å². The van der Waals surface area contributed by atoms with Crippen LogP contribution in [-0.2, 0) is 0 Å². The smallest absolute Gasteiger partial charge is 0.410 e. The Morgan fingerprint density at radius 2 is 1.62 bits per heavy atom. The first-order valence-electron chi connectivity index (χ1n) is 7.49. The van der Waals surface area contributed by atoms with Crippen LogP contribution < -0.4 is 15.4 Å². The minimum atomic E-state index is -0.563. The summed E-state index contributed by atoms with van der Waals surface area (Å²) < 4.78 is 5.24. The molecule has 2 N–H and O–H groups in total. The summed E-state index contributed by atoms with van der Waals surface area (Å²) in [6.07, 6.45) is -0.563. The van der Waals surface area contributed by atoms with Crippen molar-refractivity contribution in [2.24, 2.45) is 0 Å². The maximum absolute atomic E-state index is 12.0. The van der Waals surface area contributed by atoms with E-state index in [2.05, 4.69) is 10.6 Å². The van der Waals surface area contributed by atoms with Crippen LogP contribution in [0.5, 0.6) is 5.75 Å². The topological polar surface area (TPSA) is 70.7 Å². The van der Waals surface area contributed by atoms with Crippen LogP contribution >= 0.6 is 0 Å². The van der Waals surface area contributed by atoms with Crippen LogP contribution in [0.2, 0.25) is 0 Å². The minimum Gasteiger partial charge on any atom is -0.410 e. The highest BCUT2D eigenvalue weighted by Gasteiger charge is 2.08. The van der Waals surface area contributed by atoms with Crippen molar-refractivity contribution in [2.45, 2.75) is 13.8 Å². The maximum Gasteiger partial charge on any atom is 0.417 e. The number of carbonyl (C=O) groups is 2. The molecule has 0 aliphatic rings. The maximum atomic E-state index is 12.0. The first-order chi connectivity index (χ1) is 11.3. The van der Waals surface area contributed by atoms with E-state index in [1.54, 1.807) is 38.4 Å². The van der Waals surface area contributed by atoms with Gasteiger partial charge in [0.15, 0.2) is 0 Å². The summed E-state index contributed by atoms with van der Waals surface area (Å²) in [5.74, 6) is 0.389. The number of anilines is 2. The molecule has 2 aromatic rings. The summed E-state index contributed by atoms with van der Waals surface area (Å²) in [5, 5.41) is 5.42. The third-order valence-corrected chi connectivity index (χ3v) is 3.34. The molecular formula is C18H21N3O3. The number of benzene rings is 2. The fourth-order valence-electron chi connectivity index (χ4n) is 2.04. The van der Waals surface area contributed by atoms with Crippen LogP contribution in [0.25, 0.3) is 0 Å². The van der Waals surface area contributed by atoms with Crippen molar-refractivity contribution in [1.82, 2.24) is 4.90 Å². The molecule has 0 spiro atoms. The zero-order valence-electron chi connectivity index (χ0n) is 14.2. The summed E-state index contributed by atoms with van der Waals surface area (Å²) in [6.45, 7) is 3.91. The van der Waals surface area contributed by atoms with Gasteiger partial charge < -0.3 is 15.0 Å². The summed E-state index contributed by atoms with van der Waals surface area (Å²) in [4.78, 5) is 24.9. The average Bonchev–Trinajstić information content (AvgIpc) is 2.52. The molecular weight excluding hydrogens is 306 g/mol. The van der Waals surface area contributed by atoms with Gasteiger partial charge >= 0.3 is 12.1 Å². The van der Waals surface area contributed by atoms with Crippen molar-refractivity contribution in [1.29, 1.82) is 0 Å². The zero-order valence-corrected chi connectivity index (χ0v) is 14.2. The molecule has 3 amide bonds.